The molecule has 4 heteroatoms. The highest BCUT2D eigenvalue weighted by Gasteiger charge is 2.16. The van der Waals surface area contributed by atoms with Crippen LogP contribution in [-0.4, -0.2) is 13.0 Å². The molecule has 0 spiro atoms. The van der Waals surface area contributed by atoms with Crippen molar-refractivity contribution < 1.29 is 13.0 Å². The van der Waals surface area contributed by atoms with Gasteiger partial charge in [0.15, 0.2) is 0 Å². The lowest BCUT2D eigenvalue weighted by molar-refractivity contribution is 0.484. The summed E-state index contributed by atoms with van der Waals surface area (Å²) in [6, 6.07) is 9.63. The summed E-state index contributed by atoms with van der Waals surface area (Å²) in [4.78, 5) is 0.0361. The fraction of sp³-hybridized carbons (Fsp3) is 0.615. The predicted molar refractivity (Wildman–Crippen MR) is 128 cm³/mol. The van der Waals surface area contributed by atoms with Crippen molar-refractivity contribution in [3.05, 3.63) is 41.5 Å². The first-order chi connectivity index (χ1) is 14.5. The first kappa shape index (κ1) is 24.9. The van der Waals surface area contributed by atoms with Gasteiger partial charge in [-0.1, -0.05) is 96.3 Å². The Labute approximate surface area is 184 Å². The Morgan fingerprint density at radius 1 is 0.667 bits per heavy atom. The Morgan fingerprint density at radius 3 is 1.83 bits per heavy atom. The lowest BCUT2D eigenvalue weighted by atomic mass is 9.96. The molecule has 0 radical (unpaired) electrons. The summed E-state index contributed by atoms with van der Waals surface area (Å²) in [6.07, 6.45) is 16.8. The molecular formula is C26H40O3S. The van der Waals surface area contributed by atoms with E-state index in [9.17, 15) is 13.0 Å². The summed E-state index contributed by atoms with van der Waals surface area (Å²) >= 11 is 0. The topological polar surface area (TPSA) is 54.4 Å². The van der Waals surface area contributed by atoms with Crippen LogP contribution >= 0.6 is 0 Å². The fourth-order valence-electron chi connectivity index (χ4n) is 4.23. The van der Waals surface area contributed by atoms with E-state index in [1.54, 1.807) is 6.07 Å². The molecule has 0 heterocycles. The minimum atomic E-state index is -4.23. The molecule has 0 saturated carbocycles. The Kier molecular flexibility index (Phi) is 10.9. The monoisotopic (exact) mass is 432 g/mol. The molecule has 0 atom stereocenters. The average Bonchev–Trinajstić information content (AvgIpc) is 2.72. The summed E-state index contributed by atoms with van der Waals surface area (Å²) in [5, 5.41) is 1.63. The van der Waals surface area contributed by atoms with Crippen LogP contribution in [0.5, 0.6) is 0 Å². The van der Waals surface area contributed by atoms with Gasteiger partial charge in [0.05, 0.1) is 0 Å². The molecule has 0 amide bonds. The predicted octanol–water partition coefficient (Wildman–Crippen LogP) is 7.89. The SMILES string of the molecule is CCCCCCCCc1ccc2c(CCCCCCCC)ccc(S(=O)(=O)O)c2c1. The third-order valence-electron chi connectivity index (χ3n) is 6.03. The van der Waals surface area contributed by atoms with Gasteiger partial charge in [-0.2, -0.15) is 8.42 Å². The van der Waals surface area contributed by atoms with Crippen molar-refractivity contribution in [2.75, 3.05) is 0 Å². The number of hydrogen-bond donors (Lipinski definition) is 1. The number of aryl methyl sites for hydroxylation is 2. The highest BCUT2D eigenvalue weighted by Crippen LogP contribution is 2.29. The summed E-state index contributed by atoms with van der Waals surface area (Å²) in [7, 11) is -4.23. The lowest BCUT2D eigenvalue weighted by Gasteiger charge is -2.12. The third-order valence-corrected chi connectivity index (χ3v) is 6.94. The summed E-state index contributed by atoms with van der Waals surface area (Å²) in [6.45, 7) is 4.45. The van der Waals surface area contributed by atoms with Crippen molar-refractivity contribution in [2.24, 2.45) is 0 Å². The van der Waals surface area contributed by atoms with E-state index in [0.29, 0.717) is 5.39 Å². The van der Waals surface area contributed by atoms with Crippen molar-refractivity contribution in [2.45, 2.75) is 109 Å². The molecule has 0 aliphatic rings. The zero-order chi connectivity index (χ0) is 21.8. The molecule has 0 saturated heterocycles. The van der Waals surface area contributed by atoms with Crippen LogP contribution < -0.4 is 0 Å². The van der Waals surface area contributed by atoms with Crippen molar-refractivity contribution >= 4 is 20.9 Å². The van der Waals surface area contributed by atoms with Crippen LogP contribution in [0.15, 0.2) is 35.2 Å². The molecule has 1 N–H and O–H groups in total. The maximum absolute atomic E-state index is 11.9. The first-order valence-corrected chi connectivity index (χ1v) is 13.4. The van der Waals surface area contributed by atoms with Crippen LogP contribution in [0.3, 0.4) is 0 Å². The molecule has 30 heavy (non-hydrogen) atoms. The Morgan fingerprint density at radius 2 is 1.23 bits per heavy atom. The normalized spacial score (nSPS) is 12.0. The maximum atomic E-state index is 11.9. The number of hydrogen-bond acceptors (Lipinski definition) is 2. The Balaban J connectivity index is 2.11. The second-order valence-electron chi connectivity index (χ2n) is 8.61. The van der Waals surface area contributed by atoms with Crippen LogP contribution in [0, 0.1) is 0 Å². The number of fused-ring (bicyclic) bond motifs is 1. The van der Waals surface area contributed by atoms with Gasteiger partial charge in [-0.25, -0.2) is 0 Å². The molecular weight excluding hydrogens is 392 g/mol. The van der Waals surface area contributed by atoms with Gasteiger partial charge in [-0.3, -0.25) is 4.55 Å². The summed E-state index contributed by atoms with van der Waals surface area (Å²) in [5.74, 6) is 0. The second kappa shape index (κ2) is 13.1. The van der Waals surface area contributed by atoms with Crippen molar-refractivity contribution in [1.82, 2.24) is 0 Å². The molecule has 0 fully saturated rings. The van der Waals surface area contributed by atoms with Gasteiger partial charge in [-0.05, 0) is 54.3 Å². The van der Waals surface area contributed by atoms with Crippen LogP contribution in [0.25, 0.3) is 10.8 Å². The molecule has 0 bridgehead atoms. The first-order valence-electron chi connectivity index (χ1n) is 12.0. The third kappa shape index (κ3) is 8.03. The van der Waals surface area contributed by atoms with E-state index in [1.165, 1.54) is 69.8 Å². The number of rotatable bonds is 15. The fourth-order valence-corrected chi connectivity index (χ4v) is 4.92. The van der Waals surface area contributed by atoms with E-state index in [2.05, 4.69) is 26.0 Å². The van der Waals surface area contributed by atoms with Gasteiger partial charge in [0, 0.05) is 5.39 Å². The summed E-state index contributed by atoms with van der Waals surface area (Å²) < 4.78 is 33.6. The van der Waals surface area contributed by atoms with Gasteiger partial charge in [-0.15, -0.1) is 0 Å². The molecule has 0 aromatic heterocycles. The molecule has 3 nitrogen and oxygen atoms in total. The van der Waals surface area contributed by atoms with Crippen LogP contribution in [0.4, 0.5) is 0 Å². The van der Waals surface area contributed by atoms with Crippen LogP contribution in [0.1, 0.15) is 102 Å². The highest BCUT2D eigenvalue weighted by atomic mass is 32.2. The van der Waals surface area contributed by atoms with Crippen LogP contribution in [0.2, 0.25) is 0 Å². The number of unbranched alkanes of at least 4 members (excludes halogenated alkanes) is 10. The van der Waals surface area contributed by atoms with Gasteiger partial charge < -0.3 is 0 Å². The van der Waals surface area contributed by atoms with Gasteiger partial charge in [0.25, 0.3) is 10.1 Å². The largest absolute Gasteiger partial charge is 0.295 e. The second-order valence-corrected chi connectivity index (χ2v) is 10.0. The van der Waals surface area contributed by atoms with Gasteiger partial charge >= 0.3 is 0 Å². The smallest absolute Gasteiger partial charge is 0.282 e. The number of benzene rings is 2. The molecule has 0 unspecified atom stereocenters. The Bertz CT molecular complexity index is 871. The van der Waals surface area contributed by atoms with Crippen molar-refractivity contribution in [3.63, 3.8) is 0 Å². The van der Waals surface area contributed by atoms with E-state index < -0.39 is 10.1 Å². The van der Waals surface area contributed by atoms with E-state index in [4.69, 9.17) is 0 Å². The van der Waals surface area contributed by atoms with E-state index in [1.807, 2.05) is 12.1 Å². The quantitative estimate of drug-likeness (QED) is 0.230. The molecule has 168 valence electrons. The molecule has 2 aromatic rings. The molecule has 0 aliphatic carbocycles. The standard InChI is InChI=1S/C26H40O3S/c1-3-5-7-9-11-13-15-22-17-19-24-23(16-14-12-10-8-6-4-2)18-20-26(25(24)21-22)30(27,28)29/h17-21H,3-16H2,1-2H3,(H,27,28,29). The van der Waals surface area contributed by atoms with Crippen molar-refractivity contribution in [3.8, 4) is 0 Å². The van der Waals surface area contributed by atoms with Crippen molar-refractivity contribution in [1.29, 1.82) is 0 Å². The highest BCUT2D eigenvalue weighted by molar-refractivity contribution is 7.86. The maximum Gasteiger partial charge on any atom is 0.295 e. The minimum absolute atomic E-state index is 0.0361. The van der Waals surface area contributed by atoms with Gasteiger partial charge in [0.2, 0.25) is 0 Å². The van der Waals surface area contributed by atoms with E-state index in [0.717, 1.165) is 36.6 Å². The lowest BCUT2D eigenvalue weighted by Crippen LogP contribution is -2.01. The molecule has 2 rings (SSSR count). The molecule has 0 aliphatic heterocycles. The summed E-state index contributed by atoms with van der Waals surface area (Å²) in [5.41, 5.74) is 2.33. The zero-order valence-electron chi connectivity index (χ0n) is 19.0. The molecule has 2 aromatic carbocycles. The van der Waals surface area contributed by atoms with Gasteiger partial charge in [0.1, 0.15) is 4.90 Å². The average molecular weight is 433 g/mol. The van der Waals surface area contributed by atoms with E-state index in [-0.39, 0.29) is 4.90 Å². The minimum Gasteiger partial charge on any atom is -0.282 e. The zero-order valence-corrected chi connectivity index (χ0v) is 19.8. The Hall–Kier alpha value is -1.39. The van der Waals surface area contributed by atoms with Crippen LogP contribution in [-0.2, 0) is 23.0 Å². The van der Waals surface area contributed by atoms with E-state index >= 15 is 0 Å².